The summed E-state index contributed by atoms with van der Waals surface area (Å²) in [4.78, 5) is 12.8. The largest absolute Gasteiger partial charge is 0.354 e. The third-order valence-electron chi connectivity index (χ3n) is 4.87. The van der Waals surface area contributed by atoms with Crippen molar-refractivity contribution in [3.05, 3.63) is 34.6 Å². The normalized spacial score (nSPS) is 17.3. The van der Waals surface area contributed by atoms with Crippen LogP contribution in [0.15, 0.2) is 18.2 Å². The summed E-state index contributed by atoms with van der Waals surface area (Å²) in [6.07, 6.45) is 1.54. The molecule has 0 unspecified atom stereocenters. The number of amides is 1. The Morgan fingerprint density at radius 2 is 1.92 bits per heavy atom. The topological polar surface area (TPSA) is 75.3 Å². The van der Waals surface area contributed by atoms with E-state index in [0.717, 1.165) is 6.26 Å². The lowest BCUT2D eigenvalue weighted by Crippen LogP contribution is -2.58. The number of benzene rings is 1. The Morgan fingerprint density at radius 3 is 2.42 bits per heavy atom. The Hall–Kier alpha value is -0.890. The van der Waals surface area contributed by atoms with E-state index in [0.29, 0.717) is 18.7 Å². The van der Waals surface area contributed by atoms with E-state index in [1.54, 1.807) is 19.9 Å². The highest BCUT2D eigenvalue weighted by molar-refractivity contribution is 7.92. The minimum atomic E-state index is -3.59. The second-order valence-electron chi connectivity index (χ2n) is 7.18. The van der Waals surface area contributed by atoms with Crippen LogP contribution >= 0.6 is 24.0 Å². The van der Waals surface area contributed by atoms with E-state index in [4.69, 9.17) is 11.6 Å². The first kappa shape index (κ1) is 23.1. The van der Waals surface area contributed by atoms with Crippen molar-refractivity contribution in [1.82, 2.24) is 10.6 Å². The standard InChI is InChI=1S/C17H24ClFN2O3S.ClH/c1-16(2,14-12(18)5-4-6-13(14)19)11-21-15(22)17(25(3,23)24)7-9-20-10-8-17;/h4-6,20H,7-11H2,1-3H3,(H,21,22);1H. The average molecular weight is 427 g/mol. The summed E-state index contributed by atoms with van der Waals surface area (Å²) in [6, 6.07) is 4.42. The summed E-state index contributed by atoms with van der Waals surface area (Å²) in [5.41, 5.74) is -0.486. The van der Waals surface area contributed by atoms with Crippen LogP contribution in [0.1, 0.15) is 32.3 Å². The van der Waals surface area contributed by atoms with Crippen LogP contribution in [0, 0.1) is 5.82 Å². The second-order valence-corrected chi connectivity index (χ2v) is 9.91. The summed E-state index contributed by atoms with van der Waals surface area (Å²) >= 11 is 6.12. The molecule has 148 valence electrons. The summed E-state index contributed by atoms with van der Waals surface area (Å²) < 4.78 is 37.3. The molecule has 0 spiro atoms. The molecule has 0 radical (unpaired) electrons. The molecule has 1 aromatic rings. The van der Waals surface area contributed by atoms with E-state index < -0.39 is 31.7 Å². The zero-order valence-corrected chi connectivity index (χ0v) is 17.5. The molecule has 26 heavy (non-hydrogen) atoms. The Balaban J connectivity index is 0.00000338. The fraction of sp³-hybridized carbons (Fsp3) is 0.588. The first-order chi connectivity index (χ1) is 11.5. The summed E-state index contributed by atoms with van der Waals surface area (Å²) in [5.74, 6) is -0.983. The van der Waals surface area contributed by atoms with Crippen molar-refractivity contribution >= 4 is 39.8 Å². The molecule has 1 saturated heterocycles. The van der Waals surface area contributed by atoms with Crippen molar-refractivity contribution in [1.29, 1.82) is 0 Å². The van der Waals surface area contributed by atoms with Crippen molar-refractivity contribution in [2.45, 2.75) is 36.9 Å². The molecule has 0 aromatic heterocycles. The number of hydrogen-bond donors (Lipinski definition) is 2. The predicted octanol–water partition coefficient (Wildman–Crippen LogP) is 2.46. The first-order valence-electron chi connectivity index (χ1n) is 8.14. The molecule has 0 atom stereocenters. The number of rotatable bonds is 5. The van der Waals surface area contributed by atoms with Crippen LogP contribution in [0.2, 0.25) is 5.02 Å². The number of nitrogens with one attached hydrogen (secondary N) is 2. The van der Waals surface area contributed by atoms with Gasteiger partial charge in [0.05, 0.1) is 0 Å². The zero-order valence-electron chi connectivity index (χ0n) is 15.1. The van der Waals surface area contributed by atoms with E-state index in [9.17, 15) is 17.6 Å². The monoisotopic (exact) mass is 426 g/mol. The average Bonchev–Trinajstić information content (AvgIpc) is 2.52. The Labute approximate surface area is 165 Å². The van der Waals surface area contributed by atoms with Gasteiger partial charge in [-0.15, -0.1) is 12.4 Å². The zero-order chi connectivity index (χ0) is 18.9. The van der Waals surface area contributed by atoms with E-state index in [-0.39, 0.29) is 36.8 Å². The van der Waals surface area contributed by atoms with Gasteiger partial charge in [0, 0.05) is 28.8 Å². The van der Waals surface area contributed by atoms with Crippen LogP contribution in [-0.4, -0.2) is 45.0 Å². The maximum Gasteiger partial charge on any atom is 0.241 e. The number of sulfone groups is 1. The van der Waals surface area contributed by atoms with Gasteiger partial charge in [-0.1, -0.05) is 31.5 Å². The molecule has 5 nitrogen and oxygen atoms in total. The molecular formula is C17H25Cl2FN2O3S. The van der Waals surface area contributed by atoms with Gasteiger partial charge < -0.3 is 10.6 Å². The van der Waals surface area contributed by atoms with E-state index in [1.165, 1.54) is 12.1 Å². The third-order valence-corrected chi connectivity index (χ3v) is 7.19. The number of halogens is 3. The Morgan fingerprint density at radius 1 is 1.35 bits per heavy atom. The molecular weight excluding hydrogens is 402 g/mol. The van der Waals surface area contributed by atoms with Crippen LogP contribution in [0.4, 0.5) is 4.39 Å². The number of hydrogen-bond acceptors (Lipinski definition) is 4. The molecule has 1 aromatic carbocycles. The highest BCUT2D eigenvalue weighted by Crippen LogP contribution is 2.33. The van der Waals surface area contributed by atoms with Crippen LogP contribution in [0.3, 0.4) is 0 Å². The van der Waals surface area contributed by atoms with Crippen molar-refractivity contribution in [2.75, 3.05) is 25.9 Å². The molecule has 1 amide bonds. The Kier molecular flexibility index (Phi) is 7.50. The molecule has 9 heteroatoms. The summed E-state index contributed by atoms with van der Waals surface area (Å²) in [6.45, 7) is 4.52. The first-order valence-corrected chi connectivity index (χ1v) is 10.4. The SMILES string of the molecule is CC(C)(CNC(=O)C1(S(C)(=O)=O)CCNCC1)c1c(F)cccc1Cl.Cl. The van der Waals surface area contributed by atoms with Gasteiger partial charge in [0.15, 0.2) is 14.6 Å². The second kappa shape index (κ2) is 8.42. The van der Waals surface area contributed by atoms with Gasteiger partial charge in [-0.05, 0) is 38.1 Å². The molecule has 2 N–H and O–H groups in total. The van der Waals surface area contributed by atoms with Crippen molar-refractivity contribution < 1.29 is 17.6 Å². The lowest BCUT2D eigenvalue weighted by Gasteiger charge is -2.36. The molecule has 0 bridgehead atoms. The lowest BCUT2D eigenvalue weighted by molar-refractivity contribution is -0.124. The molecule has 1 aliphatic heterocycles. The highest BCUT2D eigenvalue weighted by atomic mass is 35.5. The summed E-state index contributed by atoms with van der Waals surface area (Å²) in [7, 11) is -3.59. The van der Waals surface area contributed by atoms with Crippen LogP contribution < -0.4 is 10.6 Å². The van der Waals surface area contributed by atoms with Gasteiger partial charge in [0.1, 0.15) is 5.82 Å². The molecule has 0 saturated carbocycles. The van der Waals surface area contributed by atoms with Gasteiger partial charge >= 0.3 is 0 Å². The van der Waals surface area contributed by atoms with E-state index >= 15 is 0 Å². The number of carbonyl (C=O) groups is 1. The predicted molar refractivity (Wildman–Crippen MR) is 104 cm³/mol. The van der Waals surface area contributed by atoms with Crippen LogP contribution in [0.25, 0.3) is 0 Å². The quantitative estimate of drug-likeness (QED) is 0.757. The lowest BCUT2D eigenvalue weighted by atomic mass is 9.83. The smallest absolute Gasteiger partial charge is 0.241 e. The minimum absolute atomic E-state index is 0. The van der Waals surface area contributed by atoms with Gasteiger partial charge in [-0.3, -0.25) is 4.79 Å². The number of carbonyl (C=O) groups excluding carboxylic acids is 1. The van der Waals surface area contributed by atoms with E-state index in [1.807, 2.05) is 0 Å². The van der Waals surface area contributed by atoms with Crippen molar-refractivity contribution in [3.63, 3.8) is 0 Å². The third kappa shape index (κ3) is 4.50. The maximum atomic E-state index is 14.2. The molecule has 2 rings (SSSR count). The highest BCUT2D eigenvalue weighted by Gasteiger charge is 2.48. The molecule has 1 fully saturated rings. The van der Waals surface area contributed by atoms with Gasteiger partial charge in [-0.2, -0.15) is 0 Å². The molecule has 0 aliphatic carbocycles. The van der Waals surface area contributed by atoms with Gasteiger partial charge in [0.25, 0.3) is 0 Å². The summed E-state index contributed by atoms with van der Waals surface area (Å²) in [5, 5.41) is 6.07. The number of piperidine rings is 1. The van der Waals surface area contributed by atoms with Crippen LogP contribution in [-0.2, 0) is 20.0 Å². The Bertz CT molecular complexity index is 743. The molecule has 1 aliphatic rings. The fourth-order valence-corrected chi connectivity index (χ4v) is 5.07. The van der Waals surface area contributed by atoms with Crippen molar-refractivity contribution in [2.24, 2.45) is 0 Å². The van der Waals surface area contributed by atoms with Crippen molar-refractivity contribution in [3.8, 4) is 0 Å². The maximum absolute atomic E-state index is 14.2. The minimum Gasteiger partial charge on any atom is -0.354 e. The molecule has 1 heterocycles. The van der Waals surface area contributed by atoms with Crippen LogP contribution in [0.5, 0.6) is 0 Å². The van der Waals surface area contributed by atoms with E-state index in [2.05, 4.69) is 10.6 Å². The fourth-order valence-electron chi connectivity index (χ4n) is 3.29. The van der Waals surface area contributed by atoms with Gasteiger partial charge in [-0.25, -0.2) is 12.8 Å². The van der Waals surface area contributed by atoms with Gasteiger partial charge in [0.2, 0.25) is 5.91 Å².